The highest BCUT2D eigenvalue weighted by molar-refractivity contribution is 6.70. The van der Waals surface area contributed by atoms with E-state index in [0.29, 0.717) is 0 Å². The topological polar surface area (TPSA) is 21.7 Å². The van der Waals surface area contributed by atoms with Crippen LogP contribution in [0.1, 0.15) is 0 Å². The smallest absolute Gasteiger partial charge is 0.183 e. The molecule has 0 aromatic rings. The summed E-state index contributed by atoms with van der Waals surface area (Å²) in [5, 5.41) is 0. The molecule has 0 atom stereocenters. The maximum absolute atomic E-state index is 5.88. The maximum Gasteiger partial charge on any atom is 0.183 e. The SMILES string of the molecule is C=CCN(CCO[Si](C)(C)C)CCO[Si](C)(C)C. The highest BCUT2D eigenvalue weighted by Crippen LogP contribution is 2.04. The molecule has 0 heterocycles. The average molecular weight is 290 g/mol. The second kappa shape index (κ2) is 8.27. The molecular weight excluding hydrogens is 258 g/mol. The Balaban J connectivity index is 3.89. The molecule has 0 aromatic heterocycles. The maximum atomic E-state index is 5.88. The van der Waals surface area contributed by atoms with Crippen LogP contribution in [0.2, 0.25) is 39.3 Å². The normalized spacial score (nSPS) is 13.1. The fourth-order valence-electron chi connectivity index (χ4n) is 1.44. The van der Waals surface area contributed by atoms with E-state index in [4.69, 9.17) is 8.85 Å². The van der Waals surface area contributed by atoms with Gasteiger partial charge < -0.3 is 8.85 Å². The van der Waals surface area contributed by atoms with Crippen molar-refractivity contribution in [2.75, 3.05) is 32.8 Å². The largest absolute Gasteiger partial charge is 0.416 e. The first-order valence-electron chi connectivity index (χ1n) is 6.75. The Morgan fingerprint density at radius 2 is 1.28 bits per heavy atom. The molecule has 0 bridgehead atoms. The lowest BCUT2D eigenvalue weighted by Gasteiger charge is -2.25. The van der Waals surface area contributed by atoms with E-state index in [1.165, 1.54) is 0 Å². The third-order valence-corrected chi connectivity index (χ3v) is 4.41. The summed E-state index contributed by atoms with van der Waals surface area (Å²) in [5.41, 5.74) is 0. The lowest BCUT2D eigenvalue weighted by Crippen LogP contribution is -2.37. The summed E-state index contributed by atoms with van der Waals surface area (Å²) in [7, 11) is -2.77. The van der Waals surface area contributed by atoms with Gasteiger partial charge in [-0.2, -0.15) is 0 Å². The van der Waals surface area contributed by atoms with Crippen LogP contribution < -0.4 is 0 Å². The van der Waals surface area contributed by atoms with E-state index in [1.54, 1.807) is 0 Å². The van der Waals surface area contributed by atoms with Gasteiger partial charge in [0.15, 0.2) is 16.6 Å². The molecule has 0 aliphatic carbocycles. The standard InChI is InChI=1S/C13H31NO2Si2/c1-8-9-14(10-12-15-17(2,3)4)11-13-16-18(5,6)7/h8H,1,9-13H2,2-7H3. The van der Waals surface area contributed by atoms with E-state index in [2.05, 4.69) is 50.8 Å². The highest BCUT2D eigenvalue weighted by atomic mass is 28.4. The van der Waals surface area contributed by atoms with Gasteiger partial charge >= 0.3 is 0 Å². The molecule has 0 unspecified atom stereocenters. The molecule has 5 heteroatoms. The van der Waals surface area contributed by atoms with Crippen molar-refractivity contribution in [2.24, 2.45) is 0 Å². The van der Waals surface area contributed by atoms with Gasteiger partial charge in [0.25, 0.3) is 0 Å². The second-order valence-corrected chi connectivity index (χ2v) is 15.5. The lowest BCUT2D eigenvalue weighted by atomic mass is 10.4. The van der Waals surface area contributed by atoms with E-state index in [-0.39, 0.29) is 0 Å². The molecule has 0 saturated carbocycles. The fraction of sp³-hybridized carbons (Fsp3) is 0.846. The Hall–Kier alpha value is 0.0538. The van der Waals surface area contributed by atoms with Crippen LogP contribution in [0.15, 0.2) is 12.7 Å². The molecule has 3 nitrogen and oxygen atoms in total. The van der Waals surface area contributed by atoms with Crippen LogP contribution in [0, 0.1) is 0 Å². The van der Waals surface area contributed by atoms with E-state index >= 15 is 0 Å². The molecule has 0 aliphatic heterocycles. The van der Waals surface area contributed by atoms with Crippen LogP contribution in [-0.4, -0.2) is 54.4 Å². The molecule has 0 aliphatic rings. The molecule has 108 valence electrons. The van der Waals surface area contributed by atoms with Gasteiger partial charge in [-0.15, -0.1) is 6.58 Å². The van der Waals surface area contributed by atoms with Crippen molar-refractivity contribution in [3.63, 3.8) is 0 Å². The summed E-state index contributed by atoms with van der Waals surface area (Å²) in [5.74, 6) is 0. The van der Waals surface area contributed by atoms with Gasteiger partial charge in [-0.25, -0.2) is 0 Å². The van der Waals surface area contributed by atoms with Gasteiger partial charge in [0, 0.05) is 32.8 Å². The van der Waals surface area contributed by atoms with Crippen LogP contribution >= 0.6 is 0 Å². The zero-order valence-electron chi connectivity index (χ0n) is 13.1. The van der Waals surface area contributed by atoms with Crippen LogP contribution in [0.25, 0.3) is 0 Å². The van der Waals surface area contributed by atoms with Gasteiger partial charge in [-0.1, -0.05) is 6.08 Å². The number of hydrogen-bond donors (Lipinski definition) is 0. The fourth-order valence-corrected chi connectivity index (χ4v) is 2.85. The molecule has 0 amide bonds. The monoisotopic (exact) mass is 289 g/mol. The second-order valence-electron chi connectivity index (χ2n) is 6.51. The van der Waals surface area contributed by atoms with Crippen molar-refractivity contribution in [3.8, 4) is 0 Å². The Labute approximate surface area is 115 Å². The lowest BCUT2D eigenvalue weighted by molar-refractivity contribution is 0.184. The molecule has 0 rings (SSSR count). The summed E-state index contributed by atoms with van der Waals surface area (Å²) in [6.45, 7) is 21.6. The van der Waals surface area contributed by atoms with Crippen molar-refractivity contribution in [1.29, 1.82) is 0 Å². The number of hydrogen-bond acceptors (Lipinski definition) is 3. The van der Waals surface area contributed by atoms with Gasteiger partial charge in [0.1, 0.15) is 0 Å². The summed E-state index contributed by atoms with van der Waals surface area (Å²) in [6.07, 6.45) is 1.95. The van der Waals surface area contributed by atoms with Crippen molar-refractivity contribution < 1.29 is 8.85 Å². The molecule has 0 saturated heterocycles. The molecule has 18 heavy (non-hydrogen) atoms. The Kier molecular flexibility index (Phi) is 8.29. The van der Waals surface area contributed by atoms with Crippen LogP contribution in [0.4, 0.5) is 0 Å². The highest BCUT2D eigenvalue weighted by Gasteiger charge is 2.16. The zero-order valence-corrected chi connectivity index (χ0v) is 15.1. The minimum absolute atomic E-state index is 0.816. The van der Waals surface area contributed by atoms with Crippen molar-refractivity contribution in [1.82, 2.24) is 4.90 Å². The van der Waals surface area contributed by atoms with Gasteiger partial charge in [0.2, 0.25) is 0 Å². The van der Waals surface area contributed by atoms with Gasteiger partial charge in [0.05, 0.1) is 0 Å². The quantitative estimate of drug-likeness (QED) is 0.455. The van der Waals surface area contributed by atoms with Crippen molar-refractivity contribution in [2.45, 2.75) is 39.3 Å². The van der Waals surface area contributed by atoms with Gasteiger partial charge in [-0.3, -0.25) is 4.90 Å². The molecule has 0 N–H and O–H groups in total. The van der Waals surface area contributed by atoms with E-state index in [0.717, 1.165) is 32.8 Å². The van der Waals surface area contributed by atoms with Crippen molar-refractivity contribution in [3.05, 3.63) is 12.7 Å². The molecule has 0 spiro atoms. The summed E-state index contributed by atoms with van der Waals surface area (Å²) in [4.78, 5) is 2.34. The average Bonchev–Trinajstić information content (AvgIpc) is 2.13. The first-order chi connectivity index (χ1) is 8.14. The number of rotatable bonds is 10. The zero-order chi connectivity index (χ0) is 14.2. The van der Waals surface area contributed by atoms with Crippen LogP contribution in [0.5, 0.6) is 0 Å². The minimum Gasteiger partial charge on any atom is -0.416 e. The van der Waals surface area contributed by atoms with E-state index in [1.807, 2.05) is 6.08 Å². The minimum atomic E-state index is -1.39. The third kappa shape index (κ3) is 12.5. The molecule has 0 radical (unpaired) electrons. The first-order valence-corrected chi connectivity index (χ1v) is 13.6. The summed E-state index contributed by atoms with van der Waals surface area (Å²) < 4.78 is 11.8. The van der Waals surface area contributed by atoms with Gasteiger partial charge in [-0.05, 0) is 39.3 Å². The summed E-state index contributed by atoms with van der Waals surface area (Å²) in [6, 6.07) is 0. The third-order valence-electron chi connectivity index (χ3n) is 2.27. The van der Waals surface area contributed by atoms with Crippen LogP contribution in [-0.2, 0) is 8.85 Å². The van der Waals surface area contributed by atoms with E-state index < -0.39 is 16.6 Å². The Morgan fingerprint density at radius 1 is 0.889 bits per heavy atom. The predicted molar refractivity (Wildman–Crippen MR) is 85.2 cm³/mol. The Bertz CT molecular complexity index is 214. The van der Waals surface area contributed by atoms with E-state index in [9.17, 15) is 0 Å². The van der Waals surface area contributed by atoms with Crippen LogP contribution in [0.3, 0.4) is 0 Å². The number of nitrogens with zero attached hydrogens (tertiary/aromatic N) is 1. The van der Waals surface area contributed by atoms with Crippen molar-refractivity contribution >= 4 is 16.6 Å². The molecule has 0 aromatic carbocycles. The molecular formula is C13H31NO2Si2. The first kappa shape index (κ1) is 18.1. The summed E-state index contributed by atoms with van der Waals surface area (Å²) >= 11 is 0. The molecule has 0 fully saturated rings. The predicted octanol–water partition coefficient (Wildman–Crippen LogP) is 3.18. The Morgan fingerprint density at radius 3 is 1.56 bits per heavy atom.